The molecule has 2 amide bonds. The van der Waals surface area contributed by atoms with E-state index in [1.54, 1.807) is 39.8 Å². The molecule has 3 atom stereocenters. The summed E-state index contributed by atoms with van der Waals surface area (Å²) in [6.45, 7) is 6.87. The van der Waals surface area contributed by atoms with Crippen molar-refractivity contribution in [3.63, 3.8) is 0 Å². The number of nitrogens with one attached hydrogen (secondary N) is 2. The first kappa shape index (κ1) is 25.6. The van der Waals surface area contributed by atoms with Crippen molar-refractivity contribution in [2.45, 2.75) is 65.0 Å². The van der Waals surface area contributed by atoms with Crippen LogP contribution >= 0.6 is 0 Å². The number of cyclic esters (lactones) is 1. The zero-order chi connectivity index (χ0) is 22.7. The second kappa shape index (κ2) is 12.3. The van der Waals surface area contributed by atoms with Gasteiger partial charge in [0.25, 0.3) is 0 Å². The summed E-state index contributed by atoms with van der Waals surface area (Å²) in [6.07, 6.45) is 3.88. The van der Waals surface area contributed by atoms with E-state index >= 15 is 0 Å². The first-order chi connectivity index (χ1) is 14.0. The van der Waals surface area contributed by atoms with Gasteiger partial charge in [0.15, 0.2) is 0 Å². The molecule has 9 nitrogen and oxygen atoms in total. The average molecular weight is 427 g/mol. The molecule has 170 valence electrons. The number of ether oxygens (including phenoxy) is 2. The summed E-state index contributed by atoms with van der Waals surface area (Å²) >= 11 is 0. The highest BCUT2D eigenvalue weighted by atomic mass is 16.6. The van der Waals surface area contributed by atoms with Gasteiger partial charge in [-0.25, -0.2) is 0 Å². The minimum Gasteiger partial charge on any atom is -0.463 e. The summed E-state index contributed by atoms with van der Waals surface area (Å²) in [4.78, 5) is 49.0. The molecule has 9 heteroatoms. The molecule has 0 fully saturated rings. The molecule has 0 saturated heterocycles. The van der Waals surface area contributed by atoms with Crippen LogP contribution in [0.2, 0.25) is 0 Å². The lowest BCUT2D eigenvalue weighted by atomic mass is 9.96. The maximum absolute atomic E-state index is 12.5. The second-order valence-electron chi connectivity index (χ2n) is 8.44. The van der Waals surface area contributed by atoms with Crippen molar-refractivity contribution in [2.24, 2.45) is 11.8 Å². The summed E-state index contributed by atoms with van der Waals surface area (Å²) in [5.41, 5.74) is -0.648. The quantitative estimate of drug-likeness (QED) is 0.424. The Morgan fingerprint density at radius 3 is 2.43 bits per heavy atom. The van der Waals surface area contributed by atoms with Gasteiger partial charge in [-0.2, -0.15) is 0 Å². The number of carbonyl (C=O) groups is 4. The Balaban J connectivity index is 2.85. The van der Waals surface area contributed by atoms with Crippen molar-refractivity contribution in [1.29, 1.82) is 0 Å². The number of amides is 2. The number of hydrogen-bond acceptors (Lipinski definition) is 7. The highest BCUT2D eigenvalue weighted by Crippen LogP contribution is 2.19. The Morgan fingerprint density at radius 2 is 1.83 bits per heavy atom. The van der Waals surface area contributed by atoms with Gasteiger partial charge in [0.2, 0.25) is 11.8 Å². The standard InChI is InChI=1S/C21H34N2O7/c1-14-13-29-20(28)16(12-18(26)30-21(2,3)4)8-6-5-7-15(19(27)23-14)11-17(25)22-9-10-24/h5-6,14-16,24H,7-13H2,1-4H3,(H,22,25)(H,23,27)/b6-5-/t14-,15-,16-/m0/s1. The van der Waals surface area contributed by atoms with Crippen LogP contribution in [0.25, 0.3) is 0 Å². The monoisotopic (exact) mass is 426 g/mol. The molecule has 1 aliphatic rings. The molecule has 0 bridgehead atoms. The summed E-state index contributed by atoms with van der Waals surface area (Å²) in [6, 6.07) is -0.449. The Kier molecular flexibility index (Phi) is 10.5. The van der Waals surface area contributed by atoms with Gasteiger partial charge in [-0.1, -0.05) is 12.2 Å². The van der Waals surface area contributed by atoms with Crippen LogP contribution in [0, 0.1) is 11.8 Å². The van der Waals surface area contributed by atoms with Gasteiger partial charge in [0, 0.05) is 13.0 Å². The van der Waals surface area contributed by atoms with Crippen molar-refractivity contribution < 1.29 is 33.8 Å². The van der Waals surface area contributed by atoms with E-state index in [9.17, 15) is 19.2 Å². The minimum atomic E-state index is -0.690. The van der Waals surface area contributed by atoms with Crippen LogP contribution in [0.5, 0.6) is 0 Å². The number of hydrogen-bond donors (Lipinski definition) is 3. The molecule has 1 heterocycles. The first-order valence-corrected chi connectivity index (χ1v) is 10.2. The zero-order valence-corrected chi connectivity index (χ0v) is 18.2. The first-order valence-electron chi connectivity index (χ1n) is 10.2. The molecular weight excluding hydrogens is 392 g/mol. The van der Waals surface area contributed by atoms with Crippen molar-refractivity contribution in [3.8, 4) is 0 Å². The van der Waals surface area contributed by atoms with E-state index in [1.165, 1.54) is 0 Å². The fraction of sp³-hybridized carbons (Fsp3) is 0.714. The van der Waals surface area contributed by atoms with Gasteiger partial charge in [0.1, 0.15) is 12.2 Å². The zero-order valence-electron chi connectivity index (χ0n) is 18.2. The lowest BCUT2D eigenvalue weighted by Gasteiger charge is -2.23. The number of allylic oxidation sites excluding steroid dienone is 2. The largest absolute Gasteiger partial charge is 0.463 e. The van der Waals surface area contributed by atoms with Gasteiger partial charge in [-0.15, -0.1) is 0 Å². The number of aliphatic hydroxyl groups excluding tert-OH is 1. The van der Waals surface area contributed by atoms with Gasteiger partial charge in [0.05, 0.1) is 30.9 Å². The molecule has 1 rings (SSSR count). The third kappa shape index (κ3) is 10.4. The Hall–Kier alpha value is -2.42. The topological polar surface area (TPSA) is 131 Å². The summed E-state index contributed by atoms with van der Waals surface area (Å²) in [5.74, 6) is -2.93. The third-order valence-electron chi connectivity index (χ3n) is 4.28. The van der Waals surface area contributed by atoms with E-state index in [2.05, 4.69) is 10.6 Å². The van der Waals surface area contributed by atoms with E-state index in [0.29, 0.717) is 6.42 Å². The number of carbonyl (C=O) groups excluding carboxylic acids is 4. The molecule has 0 aromatic rings. The van der Waals surface area contributed by atoms with Gasteiger partial charge in [-0.05, 0) is 40.5 Å². The molecule has 0 aromatic heterocycles. The van der Waals surface area contributed by atoms with Crippen LogP contribution in [-0.2, 0) is 28.7 Å². The summed E-state index contributed by atoms with van der Waals surface area (Å²) in [7, 11) is 0. The molecule has 0 unspecified atom stereocenters. The van der Waals surface area contributed by atoms with Crippen LogP contribution < -0.4 is 10.6 Å². The maximum atomic E-state index is 12.5. The average Bonchev–Trinajstić information content (AvgIpc) is 2.63. The fourth-order valence-corrected chi connectivity index (χ4v) is 2.87. The third-order valence-corrected chi connectivity index (χ3v) is 4.28. The van der Waals surface area contributed by atoms with Crippen LogP contribution in [0.1, 0.15) is 53.4 Å². The van der Waals surface area contributed by atoms with E-state index in [4.69, 9.17) is 14.6 Å². The highest BCUT2D eigenvalue weighted by molar-refractivity contribution is 5.86. The molecule has 0 aliphatic carbocycles. The SMILES string of the molecule is C[C@H]1COC(=O)[C@H](CC(=O)OC(C)(C)C)C/C=C\C[C@@H](CC(=O)NCCO)C(=O)N1. The Labute approximate surface area is 177 Å². The molecular formula is C21H34N2O7. The molecule has 0 aromatic carbocycles. The molecule has 0 spiro atoms. The van der Waals surface area contributed by atoms with Crippen molar-refractivity contribution in [3.05, 3.63) is 12.2 Å². The predicted octanol–water partition coefficient (Wildman–Crippen LogP) is 0.847. The van der Waals surface area contributed by atoms with Crippen molar-refractivity contribution in [1.82, 2.24) is 10.6 Å². The van der Waals surface area contributed by atoms with Crippen molar-refractivity contribution >= 4 is 23.8 Å². The predicted molar refractivity (Wildman–Crippen MR) is 109 cm³/mol. The van der Waals surface area contributed by atoms with Crippen LogP contribution in [0.4, 0.5) is 0 Å². The lowest BCUT2D eigenvalue weighted by Crippen LogP contribution is -2.42. The van der Waals surface area contributed by atoms with E-state index in [-0.39, 0.29) is 50.8 Å². The van der Waals surface area contributed by atoms with Crippen molar-refractivity contribution in [2.75, 3.05) is 19.8 Å². The molecule has 3 N–H and O–H groups in total. The molecule has 1 aliphatic heterocycles. The highest BCUT2D eigenvalue weighted by Gasteiger charge is 2.28. The summed E-state index contributed by atoms with van der Waals surface area (Å²) in [5, 5.41) is 14.1. The lowest BCUT2D eigenvalue weighted by molar-refractivity contribution is -0.161. The normalized spacial score (nSPS) is 24.5. The van der Waals surface area contributed by atoms with E-state index < -0.39 is 35.4 Å². The van der Waals surface area contributed by atoms with Gasteiger partial charge >= 0.3 is 11.9 Å². The smallest absolute Gasteiger partial charge is 0.309 e. The van der Waals surface area contributed by atoms with E-state index in [0.717, 1.165) is 0 Å². The van der Waals surface area contributed by atoms with Crippen LogP contribution in [0.15, 0.2) is 12.2 Å². The van der Waals surface area contributed by atoms with Gasteiger partial charge < -0.3 is 25.2 Å². The molecule has 0 saturated carbocycles. The summed E-state index contributed by atoms with van der Waals surface area (Å²) < 4.78 is 10.6. The number of esters is 2. The van der Waals surface area contributed by atoms with Crippen LogP contribution in [0.3, 0.4) is 0 Å². The Bertz CT molecular complexity index is 640. The van der Waals surface area contributed by atoms with Crippen LogP contribution in [-0.4, -0.2) is 60.3 Å². The maximum Gasteiger partial charge on any atom is 0.309 e. The molecule has 0 radical (unpaired) electrons. The molecule has 30 heavy (non-hydrogen) atoms. The van der Waals surface area contributed by atoms with Gasteiger partial charge in [-0.3, -0.25) is 19.2 Å². The fourth-order valence-electron chi connectivity index (χ4n) is 2.87. The minimum absolute atomic E-state index is 0.0238. The Morgan fingerprint density at radius 1 is 1.20 bits per heavy atom. The van der Waals surface area contributed by atoms with E-state index in [1.807, 2.05) is 0 Å². The second-order valence-corrected chi connectivity index (χ2v) is 8.44. The number of rotatable bonds is 6. The number of aliphatic hydroxyl groups is 1.